The van der Waals surface area contributed by atoms with Crippen LogP contribution >= 0.6 is 23.2 Å². The van der Waals surface area contributed by atoms with Gasteiger partial charge in [0, 0.05) is 11.3 Å². The van der Waals surface area contributed by atoms with Crippen LogP contribution in [0.25, 0.3) is 17.1 Å². The zero-order chi connectivity index (χ0) is 22.1. The fourth-order valence-corrected chi connectivity index (χ4v) is 3.47. The van der Waals surface area contributed by atoms with Crippen molar-refractivity contribution in [2.75, 3.05) is 5.32 Å². The van der Waals surface area contributed by atoms with Gasteiger partial charge >= 0.3 is 0 Å². The molecule has 0 radical (unpaired) electrons. The predicted molar refractivity (Wildman–Crippen MR) is 125 cm³/mol. The van der Waals surface area contributed by atoms with Crippen LogP contribution in [0.2, 0.25) is 10.0 Å². The molecule has 4 aromatic rings. The minimum absolute atomic E-state index is 0.0579. The lowest BCUT2D eigenvalue weighted by Crippen LogP contribution is -2.14. The van der Waals surface area contributed by atoms with Crippen LogP contribution in [-0.2, 0) is 0 Å². The van der Waals surface area contributed by atoms with Crippen molar-refractivity contribution in [1.29, 1.82) is 0 Å². The molecule has 3 aromatic carbocycles. The Bertz CT molecular complexity index is 1280. The number of hydrogen-bond acceptors (Lipinski definition) is 3. The van der Waals surface area contributed by atoms with Gasteiger partial charge in [-0.1, -0.05) is 65.2 Å². The lowest BCUT2D eigenvalue weighted by molar-refractivity contribution is 0.101. The van der Waals surface area contributed by atoms with Gasteiger partial charge in [-0.25, -0.2) is 9.67 Å². The number of carbonyl (C=O) groups is 1. The molecule has 0 aliphatic rings. The standard InChI is InChI=1S/C24H20Cl2N4O/c1-14-5-8-17(9-6-14)23-28-22(24(31)27-18-10-11-19(25)20(26)13-18)29-30(23)21-12-15(2)4-7-16(21)3/h4-13H,1-3H3,(H,27,31). The maximum absolute atomic E-state index is 12.9. The van der Waals surface area contributed by atoms with E-state index < -0.39 is 5.91 Å². The Balaban J connectivity index is 1.78. The second kappa shape index (κ2) is 8.53. The maximum atomic E-state index is 12.9. The van der Waals surface area contributed by atoms with Crippen molar-refractivity contribution in [3.63, 3.8) is 0 Å². The molecule has 0 unspecified atom stereocenters. The smallest absolute Gasteiger partial charge is 0.295 e. The van der Waals surface area contributed by atoms with Gasteiger partial charge in [-0.15, -0.1) is 5.10 Å². The summed E-state index contributed by atoms with van der Waals surface area (Å²) < 4.78 is 1.72. The SMILES string of the molecule is Cc1ccc(-c2nc(C(=O)Nc3ccc(Cl)c(Cl)c3)nn2-c2cc(C)ccc2C)cc1. The number of nitrogens with one attached hydrogen (secondary N) is 1. The Kier molecular flexibility index (Phi) is 5.81. The Morgan fingerprint density at radius 3 is 2.29 bits per heavy atom. The van der Waals surface area contributed by atoms with Crippen LogP contribution in [0.3, 0.4) is 0 Å². The molecule has 4 rings (SSSR count). The van der Waals surface area contributed by atoms with Gasteiger partial charge in [-0.3, -0.25) is 4.79 Å². The molecule has 0 aliphatic carbocycles. The van der Waals surface area contributed by atoms with Crippen molar-refractivity contribution in [3.05, 3.63) is 93.2 Å². The highest BCUT2D eigenvalue weighted by Gasteiger charge is 2.20. The first-order chi connectivity index (χ1) is 14.8. The van der Waals surface area contributed by atoms with Crippen molar-refractivity contribution in [2.45, 2.75) is 20.8 Å². The molecule has 31 heavy (non-hydrogen) atoms. The normalized spacial score (nSPS) is 10.9. The highest BCUT2D eigenvalue weighted by molar-refractivity contribution is 6.42. The highest BCUT2D eigenvalue weighted by atomic mass is 35.5. The first-order valence-corrected chi connectivity index (χ1v) is 10.5. The molecule has 0 saturated carbocycles. The molecule has 5 nitrogen and oxygen atoms in total. The monoisotopic (exact) mass is 450 g/mol. The van der Waals surface area contributed by atoms with Crippen LogP contribution in [0.15, 0.2) is 60.7 Å². The van der Waals surface area contributed by atoms with Gasteiger partial charge in [-0.2, -0.15) is 0 Å². The molecule has 1 aromatic heterocycles. The summed E-state index contributed by atoms with van der Waals surface area (Å²) >= 11 is 12.0. The predicted octanol–water partition coefficient (Wildman–Crippen LogP) is 6.42. The summed E-state index contributed by atoms with van der Waals surface area (Å²) in [6.07, 6.45) is 0. The van der Waals surface area contributed by atoms with Crippen LogP contribution in [0.4, 0.5) is 5.69 Å². The van der Waals surface area contributed by atoms with E-state index in [0.717, 1.165) is 27.9 Å². The van der Waals surface area contributed by atoms with Crippen molar-refractivity contribution in [3.8, 4) is 17.1 Å². The minimum Gasteiger partial charge on any atom is -0.319 e. The van der Waals surface area contributed by atoms with Crippen LogP contribution in [0.5, 0.6) is 0 Å². The van der Waals surface area contributed by atoms with Gasteiger partial charge in [0.2, 0.25) is 5.82 Å². The number of halogens is 2. The van der Waals surface area contributed by atoms with Crippen LogP contribution in [-0.4, -0.2) is 20.7 Å². The average molecular weight is 451 g/mol. The first-order valence-electron chi connectivity index (χ1n) is 9.70. The third-order valence-corrected chi connectivity index (χ3v) is 5.63. The number of nitrogens with zero attached hydrogens (tertiary/aromatic N) is 3. The van der Waals surface area contributed by atoms with Gasteiger partial charge in [0.25, 0.3) is 5.91 Å². The highest BCUT2D eigenvalue weighted by Crippen LogP contribution is 2.27. The summed E-state index contributed by atoms with van der Waals surface area (Å²) in [5.41, 5.74) is 5.51. The van der Waals surface area contributed by atoms with E-state index in [4.69, 9.17) is 23.2 Å². The van der Waals surface area contributed by atoms with Gasteiger partial charge in [-0.05, 0) is 56.2 Å². The molecule has 0 aliphatic heterocycles. The van der Waals surface area contributed by atoms with E-state index in [9.17, 15) is 4.79 Å². The van der Waals surface area contributed by atoms with Crippen molar-refractivity contribution in [1.82, 2.24) is 14.8 Å². The number of aromatic nitrogens is 3. The summed E-state index contributed by atoms with van der Waals surface area (Å²) in [5, 5.41) is 8.11. The number of anilines is 1. The number of benzene rings is 3. The number of amides is 1. The summed E-state index contributed by atoms with van der Waals surface area (Å²) in [4.78, 5) is 17.5. The fraction of sp³-hybridized carbons (Fsp3) is 0.125. The number of rotatable bonds is 4. The molecule has 1 N–H and O–H groups in total. The van der Waals surface area contributed by atoms with E-state index in [2.05, 4.69) is 15.4 Å². The van der Waals surface area contributed by atoms with Gasteiger partial charge in [0.1, 0.15) is 0 Å². The molecule has 156 valence electrons. The first kappa shape index (κ1) is 21.1. The van der Waals surface area contributed by atoms with Crippen LogP contribution in [0.1, 0.15) is 27.3 Å². The lowest BCUT2D eigenvalue weighted by atomic mass is 10.1. The van der Waals surface area contributed by atoms with E-state index in [0.29, 0.717) is 21.6 Å². The fourth-order valence-electron chi connectivity index (χ4n) is 3.17. The molecule has 7 heteroatoms. The Morgan fingerprint density at radius 1 is 0.871 bits per heavy atom. The topological polar surface area (TPSA) is 59.8 Å². The summed E-state index contributed by atoms with van der Waals surface area (Å²) in [6.45, 7) is 6.05. The van der Waals surface area contributed by atoms with E-state index in [-0.39, 0.29) is 5.82 Å². The lowest BCUT2D eigenvalue weighted by Gasteiger charge is -2.10. The molecule has 1 amide bonds. The van der Waals surface area contributed by atoms with Gasteiger partial charge in [0.15, 0.2) is 5.82 Å². The Labute approximate surface area is 190 Å². The maximum Gasteiger partial charge on any atom is 0.295 e. The third kappa shape index (κ3) is 4.48. The van der Waals surface area contributed by atoms with Crippen molar-refractivity contribution >= 4 is 34.8 Å². The van der Waals surface area contributed by atoms with E-state index in [1.165, 1.54) is 0 Å². The van der Waals surface area contributed by atoms with Crippen LogP contribution in [0, 0.1) is 20.8 Å². The molecule has 1 heterocycles. The molecule has 0 bridgehead atoms. The molecule has 0 fully saturated rings. The molecule has 0 spiro atoms. The van der Waals surface area contributed by atoms with Gasteiger partial charge < -0.3 is 5.32 Å². The Morgan fingerprint density at radius 2 is 1.58 bits per heavy atom. The number of aryl methyl sites for hydroxylation is 3. The Hall–Kier alpha value is -3.15. The second-order valence-corrected chi connectivity index (χ2v) is 8.22. The molecule has 0 saturated heterocycles. The summed E-state index contributed by atoms with van der Waals surface area (Å²) in [7, 11) is 0. The minimum atomic E-state index is -0.434. The summed E-state index contributed by atoms with van der Waals surface area (Å²) in [5.74, 6) is 0.214. The quantitative estimate of drug-likeness (QED) is 0.390. The molecule has 0 atom stereocenters. The van der Waals surface area contributed by atoms with Crippen LogP contribution < -0.4 is 5.32 Å². The van der Waals surface area contributed by atoms with E-state index in [1.54, 1.807) is 22.9 Å². The molecular formula is C24H20Cl2N4O. The van der Waals surface area contributed by atoms with Crippen molar-refractivity contribution < 1.29 is 4.79 Å². The number of carbonyl (C=O) groups excluding carboxylic acids is 1. The van der Waals surface area contributed by atoms with E-state index in [1.807, 2.05) is 63.2 Å². The van der Waals surface area contributed by atoms with Crippen molar-refractivity contribution in [2.24, 2.45) is 0 Å². The largest absolute Gasteiger partial charge is 0.319 e. The molecular weight excluding hydrogens is 431 g/mol. The second-order valence-electron chi connectivity index (χ2n) is 7.41. The number of hydrogen-bond donors (Lipinski definition) is 1. The average Bonchev–Trinajstić information content (AvgIpc) is 3.18. The zero-order valence-corrected chi connectivity index (χ0v) is 18.8. The van der Waals surface area contributed by atoms with E-state index >= 15 is 0 Å². The third-order valence-electron chi connectivity index (χ3n) is 4.89. The van der Waals surface area contributed by atoms with Gasteiger partial charge in [0.05, 0.1) is 15.7 Å². The summed E-state index contributed by atoms with van der Waals surface area (Å²) in [6, 6.07) is 18.9. The zero-order valence-electron chi connectivity index (χ0n) is 17.3.